The lowest BCUT2D eigenvalue weighted by atomic mass is 10.2. The highest BCUT2D eigenvalue weighted by Gasteiger charge is 2.14. The third-order valence-corrected chi connectivity index (χ3v) is 3.53. The minimum atomic E-state index is -0.612. The second kappa shape index (κ2) is 7.85. The number of nitrogens with one attached hydrogen (secondary N) is 1. The largest absolute Gasteiger partial charge is 0.325 e. The Bertz CT molecular complexity index is 753. The van der Waals surface area contributed by atoms with Crippen LogP contribution < -0.4 is 5.32 Å². The first-order chi connectivity index (χ1) is 11.3. The molecule has 8 heteroatoms. The molecule has 2 rings (SSSR count). The Morgan fingerprint density at radius 2 is 1.96 bits per heavy atom. The molecule has 0 bridgehead atoms. The molecule has 0 radical (unpaired) electrons. The molecule has 6 nitrogen and oxygen atoms in total. The number of nitro groups is 1. The van der Waals surface area contributed by atoms with Crippen molar-refractivity contribution in [3.63, 3.8) is 0 Å². The van der Waals surface area contributed by atoms with Crippen molar-refractivity contribution in [3.8, 4) is 0 Å². The van der Waals surface area contributed by atoms with E-state index in [0.717, 1.165) is 5.56 Å². The molecule has 0 unspecified atom stereocenters. The van der Waals surface area contributed by atoms with Gasteiger partial charge < -0.3 is 5.32 Å². The molecule has 0 fully saturated rings. The van der Waals surface area contributed by atoms with Gasteiger partial charge in [0.15, 0.2) is 0 Å². The normalized spacial score (nSPS) is 10.7. The van der Waals surface area contributed by atoms with Gasteiger partial charge in [0.25, 0.3) is 5.69 Å². The zero-order valence-electron chi connectivity index (χ0n) is 12.8. The highest BCUT2D eigenvalue weighted by Crippen LogP contribution is 2.27. The fourth-order valence-corrected chi connectivity index (χ4v) is 2.32. The van der Waals surface area contributed by atoms with E-state index in [2.05, 4.69) is 5.32 Å². The Labute approximate surface area is 143 Å². The SMILES string of the molecule is CN(CC(=O)Nc1ccc(Cl)c([N+](=O)[O-])c1)Cc1ccc(F)cc1. The number of rotatable bonds is 6. The van der Waals surface area contributed by atoms with E-state index in [1.165, 1.54) is 30.3 Å². The van der Waals surface area contributed by atoms with Crippen molar-refractivity contribution >= 4 is 28.9 Å². The van der Waals surface area contributed by atoms with Gasteiger partial charge in [-0.3, -0.25) is 19.8 Å². The van der Waals surface area contributed by atoms with Gasteiger partial charge in [0.2, 0.25) is 5.91 Å². The maximum atomic E-state index is 12.9. The second-order valence-electron chi connectivity index (χ2n) is 5.27. The molecular formula is C16H15ClFN3O3. The predicted octanol–water partition coefficient (Wildman–Crippen LogP) is 3.46. The molecule has 2 aromatic carbocycles. The van der Waals surface area contributed by atoms with Crippen LogP contribution in [-0.2, 0) is 11.3 Å². The number of carbonyl (C=O) groups excluding carboxylic acids is 1. The Hall–Kier alpha value is -2.51. The Balaban J connectivity index is 1.94. The van der Waals surface area contributed by atoms with E-state index in [1.807, 2.05) is 0 Å². The monoisotopic (exact) mass is 351 g/mol. The summed E-state index contributed by atoms with van der Waals surface area (Å²) < 4.78 is 12.9. The van der Waals surface area contributed by atoms with E-state index in [0.29, 0.717) is 12.2 Å². The quantitative estimate of drug-likeness (QED) is 0.638. The second-order valence-corrected chi connectivity index (χ2v) is 5.68. The van der Waals surface area contributed by atoms with Crippen LogP contribution in [0, 0.1) is 15.9 Å². The smallest absolute Gasteiger partial charge is 0.289 e. The third-order valence-electron chi connectivity index (χ3n) is 3.21. The molecule has 0 spiro atoms. The van der Waals surface area contributed by atoms with Crippen molar-refractivity contribution in [2.45, 2.75) is 6.54 Å². The van der Waals surface area contributed by atoms with Gasteiger partial charge >= 0.3 is 0 Å². The number of amides is 1. The number of halogens is 2. The van der Waals surface area contributed by atoms with Gasteiger partial charge in [-0.1, -0.05) is 23.7 Å². The molecule has 0 aliphatic heterocycles. The molecule has 0 heterocycles. The molecule has 0 aliphatic carbocycles. The average molecular weight is 352 g/mol. The van der Waals surface area contributed by atoms with Gasteiger partial charge in [-0.2, -0.15) is 0 Å². The van der Waals surface area contributed by atoms with Gasteiger partial charge in [0, 0.05) is 18.3 Å². The number of hydrogen-bond donors (Lipinski definition) is 1. The molecule has 1 N–H and O–H groups in total. The topological polar surface area (TPSA) is 75.5 Å². The lowest BCUT2D eigenvalue weighted by Gasteiger charge is -2.16. The molecular weight excluding hydrogens is 337 g/mol. The first-order valence-electron chi connectivity index (χ1n) is 7.02. The predicted molar refractivity (Wildman–Crippen MR) is 89.5 cm³/mol. The summed E-state index contributed by atoms with van der Waals surface area (Å²) in [7, 11) is 1.74. The molecule has 126 valence electrons. The summed E-state index contributed by atoms with van der Waals surface area (Å²) in [5.74, 6) is -0.639. The molecule has 24 heavy (non-hydrogen) atoms. The maximum absolute atomic E-state index is 12.9. The summed E-state index contributed by atoms with van der Waals surface area (Å²) in [6, 6.07) is 10.1. The third kappa shape index (κ3) is 5.00. The van der Waals surface area contributed by atoms with Crippen LogP contribution in [0.1, 0.15) is 5.56 Å². The van der Waals surface area contributed by atoms with Gasteiger partial charge in [0.1, 0.15) is 10.8 Å². The van der Waals surface area contributed by atoms with Crippen LogP contribution in [0.15, 0.2) is 42.5 Å². The molecule has 0 aliphatic rings. The Morgan fingerprint density at radius 1 is 1.29 bits per heavy atom. The van der Waals surface area contributed by atoms with E-state index in [4.69, 9.17) is 11.6 Å². The Morgan fingerprint density at radius 3 is 2.58 bits per heavy atom. The van der Waals surface area contributed by atoms with E-state index in [9.17, 15) is 19.3 Å². The fourth-order valence-electron chi connectivity index (χ4n) is 2.13. The zero-order valence-corrected chi connectivity index (χ0v) is 13.6. The highest BCUT2D eigenvalue weighted by molar-refractivity contribution is 6.32. The number of likely N-dealkylation sites (N-methyl/N-ethyl adjacent to an activating group) is 1. The molecule has 0 saturated carbocycles. The number of carbonyl (C=O) groups is 1. The van der Waals surface area contributed by atoms with Gasteiger partial charge in [-0.15, -0.1) is 0 Å². The summed E-state index contributed by atoms with van der Waals surface area (Å²) in [5.41, 5.74) is 0.897. The van der Waals surface area contributed by atoms with Crippen LogP contribution in [0.4, 0.5) is 15.8 Å². The lowest BCUT2D eigenvalue weighted by molar-refractivity contribution is -0.384. The Kier molecular flexibility index (Phi) is 5.83. The first-order valence-corrected chi connectivity index (χ1v) is 7.39. The van der Waals surface area contributed by atoms with Crippen LogP contribution in [0.3, 0.4) is 0 Å². The van der Waals surface area contributed by atoms with Crippen molar-refractivity contribution < 1.29 is 14.1 Å². The number of anilines is 1. The number of hydrogen-bond acceptors (Lipinski definition) is 4. The van der Waals surface area contributed by atoms with Crippen molar-refractivity contribution in [2.75, 3.05) is 18.9 Å². The van der Waals surface area contributed by atoms with Crippen LogP contribution in [0.2, 0.25) is 5.02 Å². The minimum absolute atomic E-state index is 0.00595. The highest BCUT2D eigenvalue weighted by atomic mass is 35.5. The summed E-state index contributed by atoms with van der Waals surface area (Å²) in [4.78, 5) is 24.0. The van der Waals surface area contributed by atoms with E-state index >= 15 is 0 Å². The molecule has 0 atom stereocenters. The number of nitrogens with zero attached hydrogens (tertiary/aromatic N) is 2. The van der Waals surface area contributed by atoms with Crippen LogP contribution in [0.25, 0.3) is 0 Å². The van der Waals surface area contributed by atoms with Crippen molar-refractivity contribution in [3.05, 3.63) is 69.0 Å². The molecule has 2 aromatic rings. The van der Waals surface area contributed by atoms with Crippen molar-refractivity contribution in [2.24, 2.45) is 0 Å². The van der Waals surface area contributed by atoms with Crippen molar-refractivity contribution in [1.82, 2.24) is 4.90 Å². The summed E-state index contributed by atoms with van der Waals surface area (Å²) >= 11 is 5.72. The first kappa shape index (κ1) is 17.8. The number of benzene rings is 2. The molecule has 0 saturated heterocycles. The molecule has 1 amide bonds. The minimum Gasteiger partial charge on any atom is -0.325 e. The molecule has 0 aromatic heterocycles. The maximum Gasteiger partial charge on any atom is 0.289 e. The standard InChI is InChI=1S/C16H15ClFN3O3/c1-20(9-11-2-4-12(18)5-3-11)10-16(22)19-13-6-7-14(17)15(8-13)21(23)24/h2-8H,9-10H2,1H3,(H,19,22). The summed E-state index contributed by atoms with van der Waals surface area (Å²) in [6.07, 6.45) is 0. The van der Waals surface area contributed by atoms with Gasteiger partial charge in [-0.25, -0.2) is 4.39 Å². The average Bonchev–Trinajstić information content (AvgIpc) is 2.51. The summed E-state index contributed by atoms with van der Waals surface area (Å²) in [5, 5.41) is 13.4. The lowest BCUT2D eigenvalue weighted by Crippen LogP contribution is -2.29. The van der Waals surface area contributed by atoms with E-state index in [1.54, 1.807) is 24.1 Å². The van der Waals surface area contributed by atoms with Crippen LogP contribution >= 0.6 is 11.6 Å². The summed E-state index contributed by atoms with van der Waals surface area (Å²) in [6.45, 7) is 0.544. The number of nitro benzene ring substituents is 1. The van der Waals surface area contributed by atoms with Crippen LogP contribution in [0.5, 0.6) is 0 Å². The van der Waals surface area contributed by atoms with E-state index < -0.39 is 4.92 Å². The van der Waals surface area contributed by atoms with Gasteiger partial charge in [0.05, 0.1) is 11.5 Å². The van der Waals surface area contributed by atoms with Gasteiger partial charge in [-0.05, 0) is 36.9 Å². The van der Waals surface area contributed by atoms with E-state index in [-0.39, 0.29) is 29.0 Å². The zero-order chi connectivity index (χ0) is 17.7. The fraction of sp³-hybridized carbons (Fsp3) is 0.188. The van der Waals surface area contributed by atoms with Crippen LogP contribution in [-0.4, -0.2) is 29.3 Å². The van der Waals surface area contributed by atoms with Crippen molar-refractivity contribution in [1.29, 1.82) is 0 Å².